The number of ether oxygens (including phenoxy) is 3. The average Bonchev–Trinajstić information content (AvgIpc) is 2.58. The van der Waals surface area contributed by atoms with Gasteiger partial charge in [0.25, 0.3) is 6.41 Å². The van der Waals surface area contributed by atoms with Crippen LogP contribution in [-0.4, -0.2) is 20.1 Å². The van der Waals surface area contributed by atoms with Crippen LogP contribution in [0.15, 0.2) is 12.1 Å². The lowest BCUT2D eigenvalue weighted by molar-refractivity contribution is 0.0560. The maximum Gasteiger partial charge on any atom is 0.300 e. The zero-order valence-corrected chi connectivity index (χ0v) is 8.62. The van der Waals surface area contributed by atoms with Gasteiger partial charge in [0, 0.05) is 13.2 Å². The first kappa shape index (κ1) is 10.7. The van der Waals surface area contributed by atoms with Crippen LogP contribution in [0.3, 0.4) is 0 Å². The molecule has 0 fully saturated rings. The van der Waals surface area contributed by atoms with Gasteiger partial charge in [0.15, 0.2) is 11.5 Å². The quantitative estimate of drug-likeness (QED) is 0.717. The maximum absolute atomic E-state index is 13.2. The van der Waals surface area contributed by atoms with E-state index in [1.807, 2.05) is 0 Å². The first-order chi connectivity index (χ1) is 7.70. The molecule has 1 atom stereocenters. The molecule has 1 aromatic rings. The number of hydrogen-bond acceptors (Lipinski definition) is 4. The number of rotatable bonds is 1. The topological polar surface area (TPSA) is 53.7 Å². The summed E-state index contributed by atoms with van der Waals surface area (Å²) < 4.78 is 28.2. The molecule has 4 nitrogen and oxygen atoms in total. The first-order valence-electron chi connectivity index (χ1n) is 4.61. The Hall–Kier alpha value is -1.77. The second-order valence-corrected chi connectivity index (χ2v) is 3.12. The molecule has 1 aliphatic heterocycles. The van der Waals surface area contributed by atoms with E-state index in [9.17, 15) is 4.39 Å². The molecule has 2 rings (SSSR count). The second kappa shape index (κ2) is 4.39. The predicted octanol–water partition coefficient (Wildman–Crippen LogP) is 0.837. The Kier molecular flexibility index (Phi) is 2.95. The van der Waals surface area contributed by atoms with E-state index in [2.05, 4.69) is 11.8 Å². The lowest BCUT2D eigenvalue weighted by atomic mass is 10.2. The molecule has 1 aliphatic rings. The number of fused-ring (bicyclic) bond motifs is 1. The van der Waals surface area contributed by atoms with Crippen molar-refractivity contribution in [1.29, 1.82) is 0 Å². The van der Waals surface area contributed by atoms with Gasteiger partial charge in [-0.1, -0.05) is 11.8 Å². The molecule has 1 unspecified atom stereocenters. The van der Waals surface area contributed by atoms with Crippen LogP contribution in [0.1, 0.15) is 5.56 Å². The highest BCUT2D eigenvalue weighted by Crippen LogP contribution is 2.37. The lowest BCUT2D eigenvalue weighted by Gasteiger charge is -2.00. The summed E-state index contributed by atoms with van der Waals surface area (Å²) in [7, 11) is 1.53. The summed E-state index contributed by atoms with van der Waals surface area (Å²) in [5.41, 5.74) is 5.82. The summed E-state index contributed by atoms with van der Waals surface area (Å²) >= 11 is 0. The zero-order valence-electron chi connectivity index (χ0n) is 8.62. The number of benzene rings is 1. The van der Waals surface area contributed by atoms with Crippen molar-refractivity contribution in [2.24, 2.45) is 5.73 Å². The smallest absolute Gasteiger partial charge is 0.300 e. The van der Waals surface area contributed by atoms with Crippen LogP contribution < -0.4 is 15.2 Å². The van der Waals surface area contributed by atoms with E-state index in [4.69, 9.17) is 19.9 Å². The van der Waals surface area contributed by atoms with Crippen molar-refractivity contribution in [3.8, 4) is 23.3 Å². The summed E-state index contributed by atoms with van der Waals surface area (Å²) in [5.74, 6) is 5.64. The van der Waals surface area contributed by atoms with Gasteiger partial charge in [-0.15, -0.1) is 0 Å². The normalized spacial score (nSPS) is 16.8. The fraction of sp³-hybridized carbons (Fsp3) is 0.273. The van der Waals surface area contributed by atoms with Gasteiger partial charge < -0.3 is 14.2 Å². The van der Waals surface area contributed by atoms with Gasteiger partial charge >= 0.3 is 0 Å². The Morgan fingerprint density at radius 1 is 1.50 bits per heavy atom. The summed E-state index contributed by atoms with van der Waals surface area (Å²) in [5, 5.41) is 0. The van der Waals surface area contributed by atoms with E-state index in [-0.39, 0.29) is 12.4 Å². The van der Waals surface area contributed by atoms with Crippen molar-refractivity contribution in [3.05, 3.63) is 23.5 Å². The van der Waals surface area contributed by atoms with Crippen molar-refractivity contribution in [1.82, 2.24) is 0 Å². The molecule has 0 spiro atoms. The van der Waals surface area contributed by atoms with Gasteiger partial charge in [-0.05, 0) is 6.07 Å². The number of methoxy groups -OCH3 is 1. The van der Waals surface area contributed by atoms with Crippen molar-refractivity contribution in [3.63, 3.8) is 0 Å². The highest BCUT2D eigenvalue weighted by atomic mass is 19.1. The molecule has 0 aliphatic carbocycles. The van der Waals surface area contributed by atoms with Crippen LogP contribution in [0.5, 0.6) is 11.5 Å². The molecule has 5 heteroatoms. The number of halogens is 1. The molecule has 84 valence electrons. The molecule has 0 amide bonds. The minimum Gasteiger partial charge on any atom is -0.438 e. The molecule has 0 saturated carbocycles. The molecule has 16 heavy (non-hydrogen) atoms. The molecule has 1 aromatic carbocycles. The van der Waals surface area contributed by atoms with Crippen LogP contribution in [0, 0.1) is 17.7 Å². The van der Waals surface area contributed by atoms with E-state index < -0.39 is 12.2 Å². The fourth-order valence-corrected chi connectivity index (χ4v) is 1.34. The van der Waals surface area contributed by atoms with Crippen molar-refractivity contribution in [2.75, 3.05) is 13.7 Å². The maximum atomic E-state index is 13.2. The molecule has 0 bridgehead atoms. The molecular formula is C11H10FNO3. The van der Waals surface area contributed by atoms with E-state index >= 15 is 0 Å². The van der Waals surface area contributed by atoms with Gasteiger partial charge in [-0.2, -0.15) is 0 Å². The molecule has 0 aromatic heterocycles. The highest BCUT2D eigenvalue weighted by Gasteiger charge is 2.24. The third-order valence-corrected chi connectivity index (χ3v) is 1.94. The van der Waals surface area contributed by atoms with E-state index in [0.717, 1.165) is 0 Å². The molecule has 2 N–H and O–H groups in total. The molecular weight excluding hydrogens is 213 g/mol. The van der Waals surface area contributed by atoms with Crippen molar-refractivity contribution in [2.45, 2.75) is 6.41 Å². The third-order valence-electron chi connectivity index (χ3n) is 1.94. The lowest BCUT2D eigenvalue weighted by Crippen LogP contribution is -2.28. The molecule has 0 saturated heterocycles. The fourth-order valence-electron chi connectivity index (χ4n) is 1.34. The summed E-state index contributed by atoms with van der Waals surface area (Å²) in [6.45, 7) is 0.262. The summed E-state index contributed by atoms with van der Waals surface area (Å²) in [6.07, 6.45) is -0.903. The Balaban J connectivity index is 2.36. The van der Waals surface area contributed by atoms with Gasteiger partial charge in [-0.25, -0.2) is 4.39 Å². The van der Waals surface area contributed by atoms with Crippen molar-refractivity contribution >= 4 is 0 Å². The Labute approximate surface area is 92.1 Å². The largest absolute Gasteiger partial charge is 0.438 e. The SMILES string of the molecule is COCC#Cc1cc(F)cc2c1OC(N)O2. The van der Waals surface area contributed by atoms with Crippen molar-refractivity contribution < 1.29 is 18.6 Å². The summed E-state index contributed by atoms with van der Waals surface area (Å²) in [6, 6.07) is 2.48. The number of hydrogen-bond donors (Lipinski definition) is 1. The van der Waals surface area contributed by atoms with Crippen LogP contribution in [-0.2, 0) is 4.74 Å². The monoisotopic (exact) mass is 223 g/mol. The first-order valence-corrected chi connectivity index (χ1v) is 4.61. The average molecular weight is 223 g/mol. The van der Waals surface area contributed by atoms with Crippen LogP contribution in [0.4, 0.5) is 4.39 Å². The predicted molar refractivity (Wildman–Crippen MR) is 54.4 cm³/mol. The third kappa shape index (κ3) is 2.08. The molecule has 0 radical (unpaired) electrons. The zero-order chi connectivity index (χ0) is 11.5. The van der Waals surface area contributed by atoms with E-state index in [1.165, 1.54) is 19.2 Å². The van der Waals surface area contributed by atoms with E-state index in [0.29, 0.717) is 11.3 Å². The van der Waals surface area contributed by atoms with Gasteiger partial charge in [0.05, 0.1) is 5.56 Å². The van der Waals surface area contributed by atoms with Gasteiger partial charge in [0.1, 0.15) is 12.4 Å². The number of nitrogens with two attached hydrogens (primary N) is 1. The minimum absolute atomic E-state index is 0.262. The van der Waals surface area contributed by atoms with Crippen LogP contribution in [0.25, 0.3) is 0 Å². The Morgan fingerprint density at radius 3 is 3.06 bits per heavy atom. The standard InChI is InChI=1S/C11H10FNO3/c1-14-4-2-3-7-5-8(12)6-9-10(7)16-11(13)15-9/h5-6,11H,4,13H2,1H3. The highest BCUT2D eigenvalue weighted by molar-refractivity contribution is 5.56. The van der Waals surface area contributed by atoms with E-state index in [1.54, 1.807) is 0 Å². The molecule has 1 heterocycles. The minimum atomic E-state index is -0.903. The summed E-state index contributed by atoms with van der Waals surface area (Å²) in [4.78, 5) is 0. The van der Waals surface area contributed by atoms with Crippen LogP contribution in [0.2, 0.25) is 0 Å². The van der Waals surface area contributed by atoms with Gasteiger partial charge in [0.2, 0.25) is 0 Å². The Morgan fingerprint density at radius 2 is 2.31 bits per heavy atom. The Bertz CT molecular complexity index is 464. The second-order valence-electron chi connectivity index (χ2n) is 3.12. The van der Waals surface area contributed by atoms with Gasteiger partial charge in [-0.3, -0.25) is 5.73 Å². The van der Waals surface area contributed by atoms with Crippen LogP contribution >= 0.6 is 0 Å².